The van der Waals surface area contributed by atoms with Gasteiger partial charge in [0.25, 0.3) is 0 Å². The number of hydrogen-bond donors (Lipinski definition) is 2. The molecule has 0 aliphatic carbocycles. The van der Waals surface area contributed by atoms with Gasteiger partial charge < -0.3 is 19.8 Å². The highest BCUT2D eigenvalue weighted by atomic mass is 16.5. The molecule has 1 fully saturated rings. The van der Waals surface area contributed by atoms with Gasteiger partial charge in [-0.25, -0.2) is 0 Å². The lowest BCUT2D eigenvalue weighted by molar-refractivity contribution is -0.137. The van der Waals surface area contributed by atoms with Crippen molar-refractivity contribution in [3.8, 4) is 16.9 Å². The molecule has 0 aromatic heterocycles. The van der Waals surface area contributed by atoms with Gasteiger partial charge in [0.1, 0.15) is 5.75 Å². The van der Waals surface area contributed by atoms with Gasteiger partial charge in [-0.1, -0.05) is 67.5 Å². The average Bonchev–Trinajstić information content (AvgIpc) is 3.19. The second-order valence-electron chi connectivity index (χ2n) is 8.81. The Hall–Kier alpha value is -3.12. The number of ether oxygens (including phenoxy) is 1. The molecule has 1 saturated heterocycles. The molecule has 34 heavy (non-hydrogen) atoms. The van der Waals surface area contributed by atoms with Crippen LogP contribution in [0.5, 0.6) is 5.75 Å². The number of amides is 1. The van der Waals surface area contributed by atoms with Crippen molar-refractivity contribution in [1.29, 1.82) is 0 Å². The molecular weight excluding hydrogens is 430 g/mol. The van der Waals surface area contributed by atoms with Crippen LogP contribution in [0.3, 0.4) is 0 Å². The molecule has 2 atom stereocenters. The molecule has 1 aliphatic heterocycles. The summed E-state index contributed by atoms with van der Waals surface area (Å²) in [6.07, 6.45) is 8.45. The van der Waals surface area contributed by atoms with Crippen LogP contribution in [0.15, 0.2) is 60.7 Å². The number of carboxylic acid groups (broad SMARTS) is 1. The van der Waals surface area contributed by atoms with E-state index in [1.165, 1.54) is 0 Å². The van der Waals surface area contributed by atoms with Gasteiger partial charge in [0.15, 0.2) is 0 Å². The first kappa shape index (κ1) is 25.5. The smallest absolute Gasteiger partial charge is 0.303 e. The van der Waals surface area contributed by atoms with E-state index in [1.54, 1.807) is 13.2 Å². The average molecular weight is 466 g/mol. The molecule has 0 spiro atoms. The quantitative estimate of drug-likeness (QED) is 0.326. The van der Waals surface area contributed by atoms with Gasteiger partial charge in [0.05, 0.1) is 19.3 Å². The number of nitrogens with zero attached hydrogens (tertiary/aromatic N) is 1. The Morgan fingerprint density at radius 3 is 2.74 bits per heavy atom. The van der Waals surface area contributed by atoms with Crippen LogP contribution < -0.4 is 4.74 Å². The van der Waals surface area contributed by atoms with E-state index in [0.717, 1.165) is 48.1 Å². The van der Waals surface area contributed by atoms with E-state index in [-0.39, 0.29) is 18.4 Å². The topological polar surface area (TPSA) is 87.1 Å². The van der Waals surface area contributed by atoms with E-state index < -0.39 is 12.1 Å². The first-order valence-electron chi connectivity index (χ1n) is 12.1. The Labute approximate surface area is 201 Å². The van der Waals surface area contributed by atoms with Crippen molar-refractivity contribution in [2.24, 2.45) is 0 Å². The Bertz CT molecular complexity index is 986. The van der Waals surface area contributed by atoms with Gasteiger partial charge >= 0.3 is 5.97 Å². The molecular formula is C28H35NO5. The number of para-hydroxylation sites is 1. The number of unbranched alkanes of at least 4 members (excludes halogenated alkanes) is 3. The van der Waals surface area contributed by atoms with Crippen LogP contribution in [-0.2, 0) is 16.0 Å². The highest BCUT2D eigenvalue weighted by molar-refractivity contribution is 5.79. The van der Waals surface area contributed by atoms with Crippen molar-refractivity contribution < 1.29 is 24.5 Å². The minimum atomic E-state index is -0.759. The zero-order valence-corrected chi connectivity index (χ0v) is 19.9. The van der Waals surface area contributed by atoms with Crippen LogP contribution >= 0.6 is 0 Å². The Morgan fingerprint density at radius 1 is 1.15 bits per heavy atom. The van der Waals surface area contributed by atoms with Crippen LogP contribution in [0, 0.1) is 0 Å². The molecule has 0 radical (unpaired) electrons. The number of likely N-dealkylation sites (tertiary alicyclic amines) is 1. The molecule has 0 bridgehead atoms. The van der Waals surface area contributed by atoms with E-state index >= 15 is 0 Å². The van der Waals surface area contributed by atoms with Crippen molar-refractivity contribution >= 4 is 11.9 Å². The number of aliphatic hydroxyl groups excluding tert-OH is 1. The highest BCUT2D eigenvalue weighted by Crippen LogP contribution is 2.30. The summed E-state index contributed by atoms with van der Waals surface area (Å²) in [6, 6.07) is 16.0. The van der Waals surface area contributed by atoms with Crippen LogP contribution in [0.25, 0.3) is 11.1 Å². The Morgan fingerprint density at radius 2 is 1.94 bits per heavy atom. The predicted molar refractivity (Wildman–Crippen MR) is 133 cm³/mol. The molecule has 0 saturated carbocycles. The van der Waals surface area contributed by atoms with Crippen molar-refractivity contribution in [3.63, 3.8) is 0 Å². The van der Waals surface area contributed by atoms with Gasteiger partial charge in [-0.15, -0.1) is 0 Å². The number of carbonyl (C=O) groups is 2. The number of carbonyl (C=O) groups excluding carboxylic acids is 1. The lowest BCUT2D eigenvalue weighted by Crippen LogP contribution is -2.32. The molecule has 182 valence electrons. The number of aliphatic carboxylic acids is 1. The highest BCUT2D eigenvalue weighted by Gasteiger charge is 2.28. The molecule has 6 heteroatoms. The molecule has 1 aliphatic rings. The second kappa shape index (κ2) is 12.9. The van der Waals surface area contributed by atoms with E-state index in [2.05, 4.69) is 6.07 Å². The van der Waals surface area contributed by atoms with Crippen LogP contribution in [0.4, 0.5) is 0 Å². The zero-order chi connectivity index (χ0) is 24.3. The molecule has 1 heterocycles. The fourth-order valence-electron chi connectivity index (χ4n) is 4.47. The third-order valence-electron chi connectivity index (χ3n) is 6.26. The maximum atomic E-state index is 12.3. The van der Waals surface area contributed by atoms with Gasteiger partial charge in [-0.05, 0) is 36.5 Å². The normalized spacial score (nSPS) is 16.8. The van der Waals surface area contributed by atoms with E-state index in [0.29, 0.717) is 25.8 Å². The summed E-state index contributed by atoms with van der Waals surface area (Å²) in [5.41, 5.74) is 3.09. The molecule has 2 aromatic rings. The lowest BCUT2D eigenvalue weighted by Gasteiger charge is -2.22. The first-order valence-corrected chi connectivity index (χ1v) is 12.1. The zero-order valence-electron chi connectivity index (χ0n) is 19.9. The third-order valence-corrected chi connectivity index (χ3v) is 6.26. The van der Waals surface area contributed by atoms with Gasteiger partial charge in [-0.2, -0.15) is 0 Å². The summed E-state index contributed by atoms with van der Waals surface area (Å²) in [6.45, 7) is 0.679. The number of aliphatic hydroxyl groups is 1. The number of rotatable bonds is 13. The van der Waals surface area contributed by atoms with Crippen LogP contribution in [0.2, 0.25) is 0 Å². The second-order valence-corrected chi connectivity index (χ2v) is 8.81. The summed E-state index contributed by atoms with van der Waals surface area (Å²) in [5.74, 6) is 0.206. The SMILES string of the molecule is COc1ccccc1-c1cccc(C[C@H](O)/C=C/[C@H]2CCC(=O)N2CCCCCCC(=O)O)c1. The molecule has 6 nitrogen and oxygen atoms in total. The van der Waals surface area contributed by atoms with E-state index in [9.17, 15) is 14.7 Å². The minimum Gasteiger partial charge on any atom is -0.496 e. The monoisotopic (exact) mass is 465 g/mol. The van der Waals surface area contributed by atoms with Gasteiger partial charge in [0.2, 0.25) is 5.91 Å². The number of methoxy groups -OCH3 is 1. The Balaban J connectivity index is 1.53. The van der Waals surface area contributed by atoms with Crippen LogP contribution in [0.1, 0.15) is 50.5 Å². The van der Waals surface area contributed by atoms with E-state index in [1.807, 2.05) is 53.4 Å². The molecule has 2 N–H and O–H groups in total. The van der Waals surface area contributed by atoms with Crippen molar-refractivity contribution in [2.75, 3.05) is 13.7 Å². The summed E-state index contributed by atoms with van der Waals surface area (Å²) < 4.78 is 5.48. The number of benzene rings is 2. The molecule has 2 aromatic carbocycles. The fourth-order valence-corrected chi connectivity index (χ4v) is 4.47. The third kappa shape index (κ3) is 7.45. The van der Waals surface area contributed by atoms with Gasteiger partial charge in [0, 0.05) is 31.4 Å². The maximum Gasteiger partial charge on any atom is 0.303 e. The van der Waals surface area contributed by atoms with Crippen molar-refractivity contribution in [3.05, 3.63) is 66.2 Å². The molecule has 0 unspecified atom stereocenters. The predicted octanol–water partition coefficient (Wildman–Crippen LogP) is 4.85. The summed E-state index contributed by atoms with van der Waals surface area (Å²) in [5, 5.41) is 19.3. The Kier molecular flexibility index (Phi) is 9.71. The van der Waals surface area contributed by atoms with Crippen LogP contribution in [-0.4, -0.2) is 52.8 Å². The van der Waals surface area contributed by atoms with Crippen molar-refractivity contribution in [2.45, 2.75) is 63.5 Å². The molecule has 1 amide bonds. The lowest BCUT2D eigenvalue weighted by atomic mass is 9.99. The first-order chi connectivity index (χ1) is 16.5. The largest absolute Gasteiger partial charge is 0.496 e. The molecule has 3 rings (SSSR count). The minimum absolute atomic E-state index is 0.0149. The van der Waals surface area contributed by atoms with Gasteiger partial charge in [-0.3, -0.25) is 9.59 Å². The number of hydrogen-bond acceptors (Lipinski definition) is 4. The summed E-state index contributed by atoms with van der Waals surface area (Å²) >= 11 is 0. The number of carboxylic acids is 1. The maximum absolute atomic E-state index is 12.3. The van der Waals surface area contributed by atoms with Crippen molar-refractivity contribution in [1.82, 2.24) is 4.90 Å². The summed E-state index contributed by atoms with van der Waals surface area (Å²) in [7, 11) is 1.66. The fraction of sp³-hybridized carbons (Fsp3) is 0.429. The standard InChI is InChI=1S/C28H35NO5/c1-34-26-12-6-5-11-25(26)22-10-8-9-21(19-22)20-24(30)16-14-23-15-17-27(31)29(23)18-7-3-2-4-13-28(32)33/h5-6,8-12,14,16,19,23-24,30H,2-4,7,13,15,17-18,20H2,1H3,(H,32,33)/b16-14+/t23-,24+/m0/s1. The summed E-state index contributed by atoms with van der Waals surface area (Å²) in [4.78, 5) is 24.8. The van der Waals surface area contributed by atoms with E-state index in [4.69, 9.17) is 9.84 Å².